The predicted molar refractivity (Wildman–Crippen MR) is 126 cm³/mol. The second-order valence-corrected chi connectivity index (χ2v) is 11.6. The van der Waals surface area contributed by atoms with Crippen LogP contribution < -0.4 is 0 Å². The monoisotopic (exact) mass is 497 g/mol. The van der Waals surface area contributed by atoms with E-state index in [0.717, 1.165) is 35.2 Å². The minimum atomic E-state index is -4.16. The van der Waals surface area contributed by atoms with Crippen molar-refractivity contribution in [1.82, 2.24) is 24.7 Å². The number of pyridine rings is 1. The van der Waals surface area contributed by atoms with Gasteiger partial charge in [-0.25, -0.2) is 15.0 Å². The highest BCUT2D eigenvalue weighted by atomic mass is 19.4. The summed E-state index contributed by atoms with van der Waals surface area (Å²) in [6, 6.07) is 4.36. The Morgan fingerprint density at radius 2 is 1.86 bits per heavy atom. The van der Waals surface area contributed by atoms with Crippen LogP contribution in [0, 0.1) is 18.8 Å². The third-order valence-corrected chi connectivity index (χ3v) is 8.92. The molecule has 8 rings (SSSR count). The lowest BCUT2D eigenvalue weighted by atomic mass is 9.66. The standard InChI is InChI=1S/C27H30F3N5O/c1-14-3-6-20-23(26-9-17(10-26)21(11-26)27(28,29)30)33-24(34-25(20)32-14)16-7-15(2)36-22(8-16)18-12-31-35(13-18)19-4-5-19/h3,6,12-13,15-17,19,21-22H,4-5,7-11H2,1-2H3/t15-,16+,17?,21?,22-,26?/m0/s1. The maximum absolute atomic E-state index is 13.7. The number of aromatic nitrogens is 5. The van der Waals surface area contributed by atoms with Crippen molar-refractivity contribution >= 4 is 11.0 Å². The first-order valence-corrected chi connectivity index (χ1v) is 13.1. The van der Waals surface area contributed by atoms with Crippen LogP contribution in [0.4, 0.5) is 13.2 Å². The van der Waals surface area contributed by atoms with Gasteiger partial charge in [0.15, 0.2) is 5.65 Å². The number of nitrogens with zero attached hydrogens (tertiary/aromatic N) is 5. The summed E-state index contributed by atoms with van der Waals surface area (Å²) >= 11 is 0. The van der Waals surface area contributed by atoms with Crippen molar-refractivity contribution < 1.29 is 17.9 Å². The molecule has 4 atom stereocenters. The van der Waals surface area contributed by atoms with Gasteiger partial charge in [-0.2, -0.15) is 18.3 Å². The third-order valence-electron chi connectivity index (χ3n) is 8.92. The molecule has 1 unspecified atom stereocenters. The summed E-state index contributed by atoms with van der Waals surface area (Å²) in [5.41, 5.74) is 2.75. The van der Waals surface area contributed by atoms with Crippen LogP contribution in [0.5, 0.6) is 0 Å². The maximum atomic E-state index is 13.7. The highest BCUT2D eigenvalue weighted by Gasteiger charge is 2.65. The van der Waals surface area contributed by atoms with Gasteiger partial charge >= 0.3 is 6.18 Å². The zero-order valence-corrected chi connectivity index (χ0v) is 20.5. The van der Waals surface area contributed by atoms with Gasteiger partial charge in [-0.15, -0.1) is 0 Å². The first kappa shape index (κ1) is 22.6. The van der Waals surface area contributed by atoms with Crippen molar-refractivity contribution in [1.29, 1.82) is 0 Å². The van der Waals surface area contributed by atoms with Crippen molar-refractivity contribution in [3.05, 3.63) is 47.3 Å². The molecule has 4 saturated carbocycles. The molecule has 36 heavy (non-hydrogen) atoms. The van der Waals surface area contributed by atoms with Gasteiger partial charge in [-0.05, 0) is 76.8 Å². The number of rotatable bonds is 4. The minimum Gasteiger partial charge on any atom is -0.370 e. The average Bonchev–Trinajstić information content (AvgIpc) is 3.24. The molecule has 1 saturated heterocycles. The molecular weight excluding hydrogens is 467 g/mol. The number of hydrogen-bond donors (Lipinski definition) is 0. The molecule has 0 N–H and O–H groups in total. The molecule has 6 nitrogen and oxygen atoms in total. The lowest BCUT2D eigenvalue weighted by Gasteiger charge is -2.39. The molecule has 2 bridgehead atoms. The second kappa shape index (κ2) is 7.73. The van der Waals surface area contributed by atoms with Gasteiger partial charge in [0.25, 0.3) is 0 Å². The van der Waals surface area contributed by atoms with E-state index in [2.05, 4.69) is 23.2 Å². The SMILES string of the molecule is Cc1ccc2c(C34CC(C3)C(C(F)(F)F)C4)nc([C@H]3C[C@@H](c4cnn(C5CC5)c4)O[C@@H](C)C3)nc2n1. The van der Waals surface area contributed by atoms with Gasteiger partial charge in [-0.1, -0.05) is 0 Å². The summed E-state index contributed by atoms with van der Waals surface area (Å²) in [5.74, 6) is -0.800. The van der Waals surface area contributed by atoms with E-state index in [-0.39, 0.29) is 30.5 Å². The fourth-order valence-corrected chi connectivity index (χ4v) is 6.99. The van der Waals surface area contributed by atoms with Gasteiger partial charge < -0.3 is 4.74 Å². The largest absolute Gasteiger partial charge is 0.392 e. The molecule has 0 spiro atoms. The Morgan fingerprint density at radius 3 is 2.58 bits per heavy atom. The summed E-state index contributed by atoms with van der Waals surface area (Å²) in [6.45, 7) is 3.98. The first-order chi connectivity index (χ1) is 17.2. The molecule has 0 aromatic carbocycles. The topological polar surface area (TPSA) is 65.7 Å². The molecule has 4 heterocycles. The van der Waals surface area contributed by atoms with E-state index in [0.29, 0.717) is 30.4 Å². The Kier molecular flexibility index (Phi) is 4.86. The molecule has 1 aliphatic heterocycles. The van der Waals surface area contributed by atoms with Crippen LogP contribution in [0.15, 0.2) is 24.5 Å². The lowest BCUT2D eigenvalue weighted by molar-refractivity contribution is -0.180. The molecule has 9 heteroatoms. The van der Waals surface area contributed by atoms with Crippen molar-refractivity contribution in [2.45, 2.75) is 94.6 Å². The summed E-state index contributed by atoms with van der Waals surface area (Å²) in [4.78, 5) is 14.7. The van der Waals surface area contributed by atoms with Gasteiger partial charge in [-0.3, -0.25) is 4.68 Å². The average molecular weight is 498 g/mol. The first-order valence-electron chi connectivity index (χ1n) is 13.1. The minimum absolute atomic E-state index is 0.0126. The Labute approximate surface area is 207 Å². The Bertz CT molecular complexity index is 1330. The zero-order valence-electron chi connectivity index (χ0n) is 20.5. The Morgan fingerprint density at radius 1 is 1.06 bits per heavy atom. The zero-order chi connectivity index (χ0) is 24.8. The van der Waals surface area contributed by atoms with E-state index in [1.807, 2.05) is 29.9 Å². The van der Waals surface area contributed by atoms with Gasteiger partial charge in [0.05, 0.1) is 36.1 Å². The van der Waals surface area contributed by atoms with Crippen LogP contribution in [-0.4, -0.2) is 37.0 Å². The van der Waals surface area contributed by atoms with E-state index in [1.165, 1.54) is 12.8 Å². The van der Waals surface area contributed by atoms with Crippen molar-refractivity contribution in [3.8, 4) is 0 Å². The molecule has 5 fully saturated rings. The Hall–Kier alpha value is -2.55. The number of hydrogen-bond acceptors (Lipinski definition) is 5. The summed E-state index contributed by atoms with van der Waals surface area (Å²) in [5, 5.41) is 5.34. The number of halogens is 3. The fourth-order valence-electron chi connectivity index (χ4n) is 6.99. The van der Waals surface area contributed by atoms with E-state index in [9.17, 15) is 13.2 Å². The molecule has 0 radical (unpaired) electrons. The van der Waals surface area contributed by atoms with E-state index >= 15 is 0 Å². The Balaban J connectivity index is 1.25. The van der Waals surface area contributed by atoms with Crippen molar-refractivity contribution in [3.63, 3.8) is 0 Å². The lowest BCUT2D eigenvalue weighted by Crippen LogP contribution is -2.35. The fraction of sp³-hybridized carbons (Fsp3) is 0.630. The highest BCUT2D eigenvalue weighted by Crippen LogP contribution is 2.66. The molecule has 4 aliphatic carbocycles. The predicted octanol–water partition coefficient (Wildman–Crippen LogP) is 6.12. The van der Waals surface area contributed by atoms with Crippen molar-refractivity contribution in [2.24, 2.45) is 11.8 Å². The summed E-state index contributed by atoms with van der Waals surface area (Å²) in [7, 11) is 0. The number of fused-ring (bicyclic) bond motifs is 2. The van der Waals surface area contributed by atoms with E-state index in [4.69, 9.17) is 14.7 Å². The molecule has 3 aromatic rings. The van der Waals surface area contributed by atoms with E-state index in [1.54, 1.807) is 0 Å². The van der Waals surface area contributed by atoms with Crippen LogP contribution in [-0.2, 0) is 10.2 Å². The third kappa shape index (κ3) is 3.64. The highest BCUT2D eigenvalue weighted by molar-refractivity contribution is 5.79. The normalized spacial score (nSPS) is 34.2. The summed E-state index contributed by atoms with van der Waals surface area (Å²) < 4.78 is 49.4. The van der Waals surface area contributed by atoms with Gasteiger partial charge in [0.1, 0.15) is 5.82 Å². The smallest absolute Gasteiger partial charge is 0.370 e. The van der Waals surface area contributed by atoms with E-state index < -0.39 is 17.5 Å². The van der Waals surface area contributed by atoms with Crippen molar-refractivity contribution in [2.75, 3.05) is 0 Å². The molecule has 5 aliphatic rings. The molecule has 0 amide bonds. The second-order valence-electron chi connectivity index (χ2n) is 11.6. The van der Waals surface area contributed by atoms with Crippen LogP contribution in [0.2, 0.25) is 0 Å². The summed E-state index contributed by atoms with van der Waals surface area (Å²) in [6.07, 6.45) is 4.79. The maximum Gasteiger partial charge on any atom is 0.392 e. The van der Waals surface area contributed by atoms with Crippen LogP contribution in [0.1, 0.15) is 92.7 Å². The van der Waals surface area contributed by atoms with Gasteiger partial charge in [0.2, 0.25) is 0 Å². The number of ether oxygens (including phenoxy) is 1. The number of aryl methyl sites for hydroxylation is 1. The molecular formula is C27H30F3N5O. The van der Waals surface area contributed by atoms with Gasteiger partial charge in [0, 0.05) is 34.2 Å². The quantitative estimate of drug-likeness (QED) is 0.435. The van der Waals surface area contributed by atoms with Crippen LogP contribution in [0.3, 0.4) is 0 Å². The number of alkyl halides is 3. The van der Waals surface area contributed by atoms with Crippen LogP contribution in [0.25, 0.3) is 11.0 Å². The molecule has 3 aromatic heterocycles. The molecule has 190 valence electrons. The van der Waals surface area contributed by atoms with Crippen LogP contribution >= 0.6 is 0 Å².